The molecule has 84 valence electrons. The maximum atomic E-state index is 10.9. The molecule has 1 N–H and O–H groups in total. The van der Waals surface area contributed by atoms with Crippen molar-refractivity contribution in [2.45, 2.75) is 38.0 Å². The highest BCUT2D eigenvalue weighted by atomic mass is 16.4. The molecule has 4 rings (SSSR count). The van der Waals surface area contributed by atoms with Gasteiger partial charge in [0.2, 0.25) is 0 Å². The van der Waals surface area contributed by atoms with Gasteiger partial charge in [-0.2, -0.15) is 0 Å². The first-order valence-corrected chi connectivity index (χ1v) is 5.97. The quantitative estimate of drug-likeness (QED) is 0.825. The summed E-state index contributed by atoms with van der Waals surface area (Å²) in [6, 6.07) is 6.51. The molecule has 0 heterocycles. The van der Waals surface area contributed by atoms with Gasteiger partial charge < -0.3 is 5.11 Å². The molecule has 0 aliphatic heterocycles. The summed E-state index contributed by atoms with van der Waals surface area (Å²) in [5.74, 6) is 0.932. The van der Waals surface area contributed by atoms with E-state index in [1.54, 1.807) is 0 Å². The molecule has 3 aliphatic carbocycles. The average Bonchev–Trinajstić information content (AvgIpc) is 2.13. The SMILES string of the molecule is Cc1ccc2c(c1)C1CC(C1)C2CC(=O)O. The molecule has 1 saturated carbocycles. The predicted octanol–water partition coefficient (Wildman–Crippen LogP) is 3.06. The number of rotatable bonds is 2. The zero-order chi connectivity index (χ0) is 11.3. The van der Waals surface area contributed by atoms with E-state index in [2.05, 4.69) is 25.1 Å². The van der Waals surface area contributed by atoms with Crippen LogP contribution in [0, 0.1) is 12.8 Å². The van der Waals surface area contributed by atoms with E-state index in [4.69, 9.17) is 5.11 Å². The molecule has 1 atom stereocenters. The molecule has 0 aromatic heterocycles. The summed E-state index contributed by atoms with van der Waals surface area (Å²) in [7, 11) is 0. The van der Waals surface area contributed by atoms with E-state index in [1.165, 1.54) is 29.5 Å². The van der Waals surface area contributed by atoms with Crippen molar-refractivity contribution in [2.24, 2.45) is 5.92 Å². The molecule has 0 saturated heterocycles. The van der Waals surface area contributed by atoms with Gasteiger partial charge in [0.25, 0.3) is 0 Å². The molecule has 16 heavy (non-hydrogen) atoms. The Morgan fingerprint density at radius 3 is 2.81 bits per heavy atom. The van der Waals surface area contributed by atoms with Crippen LogP contribution in [-0.2, 0) is 4.79 Å². The van der Waals surface area contributed by atoms with Crippen molar-refractivity contribution in [3.8, 4) is 0 Å². The molecule has 2 nitrogen and oxygen atoms in total. The first-order chi connectivity index (χ1) is 7.65. The van der Waals surface area contributed by atoms with E-state index >= 15 is 0 Å². The molecule has 1 fully saturated rings. The summed E-state index contributed by atoms with van der Waals surface area (Å²) in [5.41, 5.74) is 4.02. The summed E-state index contributed by atoms with van der Waals surface area (Å²) >= 11 is 0. The van der Waals surface area contributed by atoms with E-state index in [-0.39, 0.29) is 5.92 Å². The molecule has 0 spiro atoms. The van der Waals surface area contributed by atoms with Gasteiger partial charge >= 0.3 is 5.97 Å². The molecule has 1 aromatic carbocycles. The zero-order valence-corrected chi connectivity index (χ0v) is 9.44. The number of benzene rings is 1. The van der Waals surface area contributed by atoms with Crippen LogP contribution in [0.1, 0.15) is 47.8 Å². The highest BCUT2D eigenvalue weighted by Gasteiger charge is 2.44. The normalized spacial score (nSPS) is 30.4. The molecule has 2 heteroatoms. The van der Waals surface area contributed by atoms with E-state index in [1.807, 2.05) is 0 Å². The topological polar surface area (TPSA) is 37.3 Å². The van der Waals surface area contributed by atoms with Gasteiger partial charge in [0, 0.05) is 0 Å². The highest BCUT2D eigenvalue weighted by Crippen LogP contribution is 2.56. The van der Waals surface area contributed by atoms with Crippen LogP contribution in [0.25, 0.3) is 0 Å². The lowest BCUT2D eigenvalue weighted by Gasteiger charge is -2.47. The third-order valence-electron chi connectivity index (χ3n) is 4.22. The number of hydrogen-bond donors (Lipinski definition) is 1. The van der Waals surface area contributed by atoms with Crippen molar-refractivity contribution in [2.75, 3.05) is 0 Å². The number of aliphatic carboxylic acids is 1. The van der Waals surface area contributed by atoms with Gasteiger partial charge in [-0.3, -0.25) is 4.79 Å². The second-order valence-electron chi connectivity index (χ2n) is 5.27. The predicted molar refractivity (Wildman–Crippen MR) is 61.6 cm³/mol. The largest absolute Gasteiger partial charge is 0.481 e. The summed E-state index contributed by atoms with van der Waals surface area (Å²) in [5, 5.41) is 8.98. The number of aryl methyl sites for hydroxylation is 1. The molecular weight excluding hydrogens is 200 g/mol. The maximum absolute atomic E-state index is 10.9. The van der Waals surface area contributed by atoms with Crippen molar-refractivity contribution in [1.29, 1.82) is 0 Å². The van der Waals surface area contributed by atoms with E-state index < -0.39 is 5.97 Å². The van der Waals surface area contributed by atoms with Gasteiger partial charge in [-0.1, -0.05) is 23.8 Å². The average molecular weight is 216 g/mol. The summed E-state index contributed by atoms with van der Waals surface area (Å²) < 4.78 is 0. The van der Waals surface area contributed by atoms with Crippen molar-refractivity contribution < 1.29 is 9.90 Å². The van der Waals surface area contributed by atoms with E-state index in [0.29, 0.717) is 18.3 Å². The minimum absolute atomic E-state index is 0.262. The third kappa shape index (κ3) is 1.36. The van der Waals surface area contributed by atoms with Crippen LogP contribution in [0.15, 0.2) is 18.2 Å². The van der Waals surface area contributed by atoms with Crippen LogP contribution in [-0.4, -0.2) is 11.1 Å². The molecule has 0 radical (unpaired) electrons. The molecule has 1 unspecified atom stereocenters. The molecule has 0 amide bonds. The zero-order valence-electron chi connectivity index (χ0n) is 9.44. The lowest BCUT2D eigenvalue weighted by atomic mass is 9.57. The van der Waals surface area contributed by atoms with Gasteiger partial charge in [-0.15, -0.1) is 0 Å². The molecule has 3 aliphatic rings. The fraction of sp³-hybridized carbons (Fsp3) is 0.500. The standard InChI is InChI=1S/C14H16O2/c1-8-2-3-11-12(4-8)9-5-10(6-9)13(11)7-14(15)16/h2-4,9-10,13H,5-7H2,1H3,(H,15,16). The minimum Gasteiger partial charge on any atom is -0.481 e. The third-order valence-corrected chi connectivity index (χ3v) is 4.22. The van der Waals surface area contributed by atoms with Crippen LogP contribution in [0.5, 0.6) is 0 Å². The number of carboxylic acid groups (broad SMARTS) is 1. The monoisotopic (exact) mass is 216 g/mol. The number of hydrogen-bond acceptors (Lipinski definition) is 1. The first-order valence-electron chi connectivity index (χ1n) is 5.97. The minimum atomic E-state index is -0.665. The summed E-state index contributed by atoms with van der Waals surface area (Å²) in [6.07, 6.45) is 2.70. The first kappa shape index (κ1) is 9.88. The lowest BCUT2D eigenvalue weighted by molar-refractivity contribution is -0.138. The van der Waals surface area contributed by atoms with Gasteiger partial charge in [-0.25, -0.2) is 0 Å². The second kappa shape index (κ2) is 3.34. The van der Waals surface area contributed by atoms with E-state index in [9.17, 15) is 4.79 Å². The molecular formula is C14H16O2. The molecule has 2 bridgehead atoms. The maximum Gasteiger partial charge on any atom is 0.303 e. The summed E-state index contributed by atoms with van der Waals surface area (Å²) in [6.45, 7) is 2.11. The number of carbonyl (C=O) groups is 1. The van der Waals surface area contributed by atoms with Gasteiger partial charge in [0.1, 0.15) is 0 Å². The Kier molecular flexibility index (Phi) is 2.06. The van der Waals surface area contributed by atoms with Gasteiger partial charge in [-0.05, 0) is 48.6 Å². The Morgan fingerprint density at radius 1 is 1.38 bits per heavy atom. The second-order valence-corrected chi connectivity index (χ2v) is 5.27. The number of carboxylic acids is 1. The smallest absolute Gasteiger partial charge is 0.303 e. The highest BCUT2D eigenvalue weighted by molar-refractivity contribution is 5.68. The van der Waals surface area contributed by atoms with Crippen molar-refractivity contribution >= 4 is 5.97 Å². The summed E-state index contributed by atoms with van der Waals surface area (Å²) in [4.78, 5) is 10.9. The van der Waals surface area contributed by atoms with Crippen LogP contribution >= 0.6 is 0 Å². The van der Waals surface area contributed by atoms with Crippen LogP contribution in [0.4, 0.5) is 0 Å². The van der Waals surface area contributed by atoms with Crippen molar-refractivity contribution in [3.05, 3.63) is 34.9 Å². The van der Waals surface area contributed by atoms with Gasteiger partial charge in [0.15, 0.2) is 0 Å². The molecule has 1 aromatic rings. The Hall–Kier alpha value is -1.31. The lowest BCUT2D eigenvalue weighted by Crippen LogP contribution is -2.35. The van der Waals surface area contributed by atoms with Crippen molar-refractivity contribution in [1.82, 2.24) is 0 Å². The Labute approximate surface area is 95.3 Å². The van der Waals surface area contributed by atoms with Crippen LogP contribution in [0.3, 0.4) is 0 Å². The Bertz CT molecular complexity index is 444. The Balaban J connectivity index is 2.02. The van der Waals surface area contributed by atoms with Crippen LogP contribution < -0.4 is 0 Å². The van der Waals surface area contributed by atoms with Crippen LogP contribution in [0.2, 0.25) is 0 Å². The fourth-order valence-corrected chi connectivity index (χ4v) is 3.35. The van der Waals surface area contributed by atoms with Gasteiger partial charge in [0.05, 0.1) is 6.42 Å². The van der Waals surface area contributed by atoms with E-state index in [0.717, 1.165) is 0 Å². The van der Waals surface area contributed by atoms with Crippen molar-refractivity contribution in [3.63, 3.8) is 0 Å². The Morgan fingerprint density at radius 2 is 2.12 bits per heavy atom. The fourth-order valence-electron chi connectivity index (χ4n) is 3.35.